The van der Waals surface area contributed by atoms with E-state index in [-0.39, 0.29) is 10.5 Å². The maximum absolute atomic E-state index is 12.7. The van der Waals surface area contributed by atoms with E-state index >= 15 is 0 Å². The van der Waals surface area contributed by atoms with E-state index in [2.05, 4.69) is 14.8 Å². The lowest BCUT2D eigenvalue weighted by molar-refractivity contribution is 0.0982. The van der Waals surface area contributed by atoms with Crippen molar-refractivity contribution in [2.75, 3.05) is 7.11 Å². The van der Waals surface area contributed by atoms with E-state index in [0.29, 0.717) is 22.8 Å². The van der Waals surface area contributed by atoms with Gasteiger partial charge in [-0.2, -0.15) is 5.10 Å². The van der Waals surface area contributed by atoms with Gasteiger partial charge in [0.1, 0.15) is 11.3 Å². The van der Waals surface area contributed by atoms with Crippen LogP contribution in [0.2, 0.25) is 0 Å². The molecule has 3 aromatic rings. The number of carbonyl (C=O) groups excluding carboxylic acids is 1. The van der Waals surface area contributed by atoms with Gasteiger partial charge in [0.05, 0.1) is 17.7 Å². The lowest BCUT2D eigenvalue weighted by atomic mass is 10.2. The molecule has 0 aliphatic heterocycles. The molecule has 0 aliphatic rings. The zero-order chi connectivity index (χ0) is 19.1. The highest BCUT2D eigenvalue weighted by Crippen LogP contribution is 2.19. The number of aromatic nitrogens is 3. The van der Waals surface area contributed by atoms with Gasteiger partial charge in [-0.1, -0.05) is 0 Å². The van der Waals surface area contributed by atoms with E-state index in [0.717, 1.165) is 5.69 Å². The first kappa shape index (κ1) is 17.9. The van der Waals surface area contributed by atoms with E-state index in [9.17, 15) is 13.2 Å². The van der Waals surface area contributed by atoms with Crippen LogP contribution >= 0.6 is 0 Å². The van der Waals surface area contributed by atoms with Crippen molar-refractivity contribution in [2.45, 2.75) is 25.7 Å². The molecule has 0 aliphatic carbocycles. The molecule has 2 aromatic heterocycles. The zero-order valence-corrected chi connectivity index (χ0v) is 15.6. The SMILES string of the molecule is COc1ccc(S(=O)(=O)NC(=O)c2c(C)nn3c(C)cc(C)nc23)cc1. The summed E-state index contributed by atoms with van der Waals surface area (Å²) < 4.78 is 33.6. The maximum Gasteiger partial charge on any atom is 0.270 e. The van der Waals surface area contributed by atoms with E-state index in [4.69, 9.17) is 4.74 Å². The first-order valence-electron chi connectivity index (χ1n) is 7.77. The molecule has 1 amide bonds. The van der Waals surface area contributed by atoms with Gasteiger partial charge in [0, 0.05) is 11.4 Å². The van der Waals surface area contributed by atoms with Gasteiger partial charge in [-0.3, -0.25) is 4.79 Å². The number of ether oxygens (including phenoxy) is 1. The number of fused-ring (bicyclic) bond motifs is 1. The highest BCUT2D eigenvalue weighted by atomic mass is 32.2. The summed E-state index contributed by atoms with van der Waals surface area (Å²) in [6, 6.07) is 7.57. The zero-order valence-electron chi connectivity index (χ0n) is 14.8. The molecule has 2 heterocycles. The van der Waals surface area contributed by atoms with Crippen molar-refractivity contribution in [1.29, 1.82) is 0 Å². The average molecular weight is 374 g/mol. The normalized spacial score (nSPS) is 11.5. The van der Waals surface area contributed by atoms with Crippen LogP contribution in [0.5, 0.6) is 5.75 Å². The monoisotopic (exact) mass is 374 g/mol. The summed E-state index contributed by atoms with van der Waals surface area (Å²) in [6.45, 7) is 5.27. The Morgan fingerprint density at radius 3 is 2.42 bits per heavy atom. The fourth-order valence-corrected chi connectivity index (χ4v) is 3.64. The Morgan fingerprint density at radius 1 is 1.15 bits per heavy atom. The Labute approximate surface area is 150 Å². The molecule has 1 N–H and O–H groups in total. The number of hydrogen-bond acceptors (Lipinski definition) is 6. The average Bonchev–Trinajstić information content (AvgIpc) is 2.91. The molecule has 9 heteroatoms. The van der Waals surface area contributed by atoms with Gasteiger partial charge in [0.25, 0.3) is 15.9 Å². The Morgan fingerprint density at radius 2 is 1.81 bits per heavy atom. The van der Waals surface area contributed by atoms with Gasteiger partial charge in [-0.05, 0) is 51.1 Å². The molecule has 0 fully saturated rings. The van der Waals surface area contributed by atoms with Crippen molar-refractivity contribution in [1.82, 2.24) is 19.3 Å². The van der Waals surface area contributed by atoms with Crippen molar-refractivity contribution in [3.8, 4) is 5.75 Å². The smallest absolute Gasteiger partial charge is 0.270 e. The number of sulfonamides is 1. The third-order valence-corrected chi connectivity index (χ3v) is 5.24. The molecule has 8 nitrogen and oxygen atoms in total. The number of nitrogens with zero attached hydrogens (tertiary/aromatic N) is 3. The molecule has 1 aromatic carbocycles. The molecule has 136 valence electrons. The summed E-state index contributed by atoms with van der Waals surface area (Å²) >= 11 is 0. The van der Waals surface area contributed by atoms with Crippen LogP contribution in [0.4, 0.5) is 0 Å². The Kier molecular flexibility index (Phi) is 4.41. The van der Waals surface area contributed by atoms with Crippen LogP contribution in [0.3, 0.4) is 0 Å². The molecule has 0 spiro atoms. The van der Waals surface area contributed by atoms with Crippen LogP contribution in [0, 0.1) is 20.8 Å². The first-order valence-corrected chi connectivity index (χ1v) is 9.26. The highest BCUT2D eigenvalue weighted by Gasteiger charge is 2.25. The molecule has 0 saturated carbocycles. The van der Waals surface area contributed by atoms with Crippen LogP contribution in [0.25, 0.3) is 5.65 Å². The molecule has 0 radical (unpaired) electrons. The number of hydrogen-bond donors (Lipinski definition) is 1. The third-order valence-electron chi connectivity index (χ3n) is 3.89. The topological polar surface area (TPSA) is 103 Å². The minimum atomic E-state index is -4.04. The number of carbonyl (C=O) groups is 1. The van der Waals surface area contributed by atoms with Gasteiger partial charge in [0.15, 0.2) is 5.65 Å². The minimum absolute atomic E-state index is 0.0407. The molecule has 0 saturated heterocycles. The van der Waals surface area contributed by atoms with Crippen molar-refractivity contribution in [2.24, 2.45) is 0 Å². The molecule has 0 unspecified atom stereocenters. The first-order chi connectivity index (χ1) is 12.2. The van der Waals surface area contributed by atoms with Crippen LogP contribution < -0.4 is 9.46 Å². The van der Waals surface area contributed by atoms with Crippen LogP contribution in [-0.4, -0.2) is 36.0 Å². The summed E-state index contributed by atoms with van der Waals surface area (Å²) in [5.41, 5.74) is 2.36. The second-order valence-electron chi connectivity index (χ2n) is 5.84. The number of benzene rings is 1. The van der Waals surface area contributed by atoms with Gasteiger partial charge >= 0.3 is 0 Å². The van der Waals surface area contributed by atoms with E-state index in [1.54, 1.807) is 13.8 Å². The number of nitrogens with one attached hydrogen (secondary N) is 1. The summed E-state index contributed by atoms with van der Waals surface area (Å²) in [5.74, 6) is -0.255. The number of aryl methyl sites for hydroxylation is 3. The minimum Gasteiger partial charge on any atom is -0.497 e. The second kappa shape index (κ2) is 6.41. The maximum atomic E-state index is 12.7. The number of methoxy groups -OCH3 is 1. The van der Waals surface area contributed by atoms with Crippen molar-refractivity contribution >= 4 is 21.6 Å². The predicted molar refractivity (Wildman–Crippen MR) is 94.8 cm³/mol. The molecule has 0 atom stereocenters. The van der Waals surface area contributed by atoms with Crippen molar-refractivity contribution in [3.63, 3.8) is 0 Å². The molecule has 26 heavy (non-hydrogen) atoms. The van der Waals surface area contributed by atoms with Gasteiger partial charge < -0.3 is 4.74 Å². The van der Waals surface area contributed by atoms with Gasteiger partial charge in [-0.25, -0.2) is 22.6 Å². The van der Waals surface area contributed by atoms with Crippen molar-refractivity contribution < 1.29 is 17.9 Å². The summed E-state index contributed by atoms with van der Waals surface area (Å²) in [6.07, 6.45) is 0. The molecular weight excluding hydrogens is 356 g/mol. The fraction of sp³-hybridized carbons (Fsp3) is 0.235. The van der Waals surface area contributed by atoms with Crippen LogP contribution in [0.1, 0.15) is 27.4 Å². The number of rotatable bonds is 4. The van der Waals surface area contributed by atoms with Crippen LogP contribution in [-0.2, 0) is 10.0 Å². The van der Waals surface area contributed by atoms with Gasteiger partial charge in [-0.15, -0.1) is 0 Å². The van der Waals surface area contributed by atoms with E-state index in [1.807, 2.05) is 13.0 Å². The molecular formula is C17H18N4O4S. The summed E-state index contributed by atoms with van der Waals surface area (Å²) in [7, 11) is -2.55. The van der Waals surface area contributed by atoms with E-state index < -0.39 is 15.9 Å². The second-order valence-corrected chi connectivity index (χ2v) is 7.53. The van der Waals surface area contributed by atoms with E-state index in [1.165, 1.54) is 35.9 Å². The molecule has 3 rings (SSSR count). The Balaban J connectivity index is 1.99. The third kappa shape index (κ3) is 3.13. The van der Waals surface area contributed by atoms with Gasteiger partial charge in [0.2, 0.25) is 0 Å². The summed E-state index contributed by atoms with van der Waals surface area (Å²) in [4.78, 5) is 17.0. The fourth-order valence-electron chi connectivity index (χ4n) is 2.68. The lowest BCUT2D eigenvalue weighted by Crippen LogP contribution is -2.31. The highest BCUT2D eigenvalue weighted by molar-refractivity contribution is 7.90. The van der Waals surface area contributed by atoms with Crippen molar-refractivity contribution in [3.05, 3.63) is 53.0 Å². The molecule has 0 bridgehead atoms. The van der Waals surface area contributed by atoms with Crippen LogP contribution in [0.15, 0.2) is 35.2 Å². The predicted octanol–water partition coefficient (Wildman–Crippen LogP) is 1.78. The number of amides is 1. The Hall–Kier alpha value is -2.94. The summed E-state index contributed by atoms with van der Waals surface area (Å²) in [5, 5.41) is 4.28. The Bertz CT molecular complexity index is 1100. The quantitative estimate of drug-likeness (QED) is 0.747. The largest absolute Gasteiger partial charge is 0.497 e. The lowest BCUT2D eigenvalue weighted by Gasteiger charge is -2.08. The standard InChI is InChI=1S/C17H18N4O4S/c1-10-9-11(2)21-16(18-10)15(12(3)19-21)17(22)20-26(23,24)14-7-5-13(25-4)6-8-14/h5-9H,1-4H3,(H,20,22).